The molecule has 1 amide bonds. The Bertz CT molecular complexity index is 943. The molecule has 2 aromatic rings. The fourth-order valence-electron chi connectivity index (χ4n) is 4.46. The third-order valence-corrected chi connectivity index (χ3v) is 6.34. The van der Waals surface area contributed by atoms with Gasteiger partial charge in [-0.05, 0) is 57.1 Å². The first kappa shape index (κ1) is 22.3. The van der Waals surface area contributed by atoms with Gasteiger partial charge in [-0.25, -0.2) is 4.68 Å². The van der Waals surface area contributed by atoms with Crippen molar-refractivity contribution in [2.75, 3.05) is 19.7 Å². The molecule has 2 saturated heterocycles. The van der Waals surface area contributed by atoms with E-state index in [0.717, 1.165) is 50.9 Å². The smallest absolute Gasteiger partial charge is 0.228 e. The average molecular weight is 437 g/mol. The van der Waals surface area contributed by atoms with Gasteiger partial charge in [0.15, 0.2) is 5.69 Å². The van der Waals surface area contributed by atoms with Crippen LogP contribution in [0.3, 0.4) is 0 Å². The van der Waals surface area contributed by atoms with Crippen LogP contribution in [0, 0.1) is 17.8 Å². The van der Waals surface area contributed by atoms with Gasteiger partial charge in [-0.2, -0.15) is 0 Å². The van der Waals surface area contributed by atoms with Crippen molar-refractivity contribution in [1.29, 1.82) is 0 Å². The van der Waals surface area contributed by atoms with Crippen LogP contribution in [0.4, 0.5) is 0 Å². The van der Waals surface area contributed by atoms with Crippen molar-refractivity contribution >= 4 is 5.91 Å². The topological polar surface area (TPSA) is 69.5 Å². The Morgan fingerprint density at radius 1 is 1.22 bits per heavy atom. The number of nitrogens with zero attached hydrogens (tertiary/aromatic N) is 4. The van der Waals surface area contributed by atoms with Gasteiger partial charge >= 0.3 is 0 Å². The number of para-hydroxylation sites is 1. The highest BCUT2D eigenvalue weighted by atomic mass is 16.5. The highest BCUT2D eigenvalue weighted by molar-refractivity contribution is 5.79. The van der Waals surface area contributed by atoms with E-state index in [-0.39, 0.29) is 30.1 Å². The molecule has 2 fully saturated rings. The Labute approximate surface area is 190 Å². The minimum absolute atomic E-state index is 0.0158. The maximum absolute atomic E-state index is 12.7. The monoisotopic (exact) mass is 436 g/mol. The van der Waals surface area contributed by atoms with Crippen molar-refractivity contribution < 1.29 is 14.3 Å². The van der Waals surface area contributed by atoms with Gasteiger partial charge in [0.2, 0.25) is 5.91 Å². The van der Waals surface area contributed by atoms with Crippen molar-refractivity contribution in [2.24, 2.45) is 5.92 Å². The molecule has 1 aromatic heterocycles. The molecular formula is C25H32N4O3. The normalized spacial score (nSPS) is 22.2. The second kappa shape index (κ2) is 10.6. The molecule has 170 valence electrons. The minimum atomic E-state index is -0.0697. The average Bonchev–Trinajstić information content (AvgIpc) is 3.58. The summed E-state index contributed by atoms with van der Waals surface area (Å²) in [5, 5.41) is 8.40. The molecule has 7 heteroatoms. The summed E-state index contributed by atoms with van der Waals surface area (Å²) in [5.41, 5.74) is 0.628. The van der Waals surface area contributed by atoms with Crippen LogP contribution in [0.2, 0.25) is 0 Å². The molecule has 2 aliphatic heterocycles. The summed E-state index contributed by atoms with van der Waals surface area (Å²) in [4.78, 5) is 14.7. The van der Waals surface area contributed by atoms with Crippen molar-refractivity contribution in [3.05, 3.63) is 42.2 Å². The molecule has 4 atom stereocenters. The Kier molecular flexibility index (Phi) is 7.43. The maximum Gasteiger partial charge on any atom is 0.228 e. The van der Waals surface area contributed by atoms with Crippen LogP contribution in [0.25, 0.3) is 0 Å². The molecular weight excluding hydrogens is 404 g/mol. The molecule has 1 aromatic carbocycles. The van der Waals surface area contributed by atoms with Gasteiger partial charge in [0, 0.05) is 13.1 Å². The number of hydrogen-bond acceptors (Lipinski definition) is 5. The van der Waals surface area contributed by atoms with E-state index in [1.807, 2.05) is 53.0 Å². The zero-order valence-corrected chi connectivity index (χ0v) is 18.9. The summed E-state index contributed by atoms with van der Waals surface area (Å²) >= 11 is 0. The summed E-state index contributed by atoms with van der Waals surface area (Å²) in [5.74, 6) is 6.96. The molecule has 0 spiro atoms. The van der Waals surface area contributed by atoms with Crippen LogP contribution in [0.15, 0.2) is 36.5 Å². The lowest BCUT2D eigenvalue weighted by molar-refractivity contribution is -0.138. The first-order chi connectivity index (χ1) is 15.6. The number of carbonyl (C=O) groups is 1. The van der Waals surface area contributed by atoms with Crippen LogP contribution in [0.1, 0.15) is 57.7 Å². The van der Waals surface area contributed by atoms with Crippen LogP contribution in [0.5, 0.6) is 5.75 Å². The van der Waals surface area contributed by atoms with Crippen molar-refractivity contribution in [3.63, 3.8) is 0 Å². The van der Waals surface area contributed by atoms with E-state index in [2.05, 4.69) is 29.1 Å². The molecule has 2 aliphatic rings. The lowest BCUT2D eigenvalue weighted by atomic mass is 9.99. The quantitative estimate of drug-likeness (QED) is 0.622. The molecule has 7 nitrogen and oxygen atoms in total. The summed E-state index contributed by atoms with van der Waals surface area (Å²) in [6.45, 7) is 6.22. The fourth-order valence-corrected chi connectivity index (χ4v) is 4.46. The number of amides is 1. The summed E-state index contributed by atoms with van der Waals surface area (Å²) < 4.78 is 13.7. The Hall–Kier alpha value is -2.85. The van der Waals surface area contributed by atoms with Crippen molar-refractivity contribution in [2.45, 2.75) is 64.2 Å². The highest BCUT2D eigenvalue weighted by Gasteiger charge is 2.36. The summed E-state index contributed by atoms with van der Waals surface area (Å²) in [6, 6.07) is 9.75. The first-order valence-electron chi connectivity index (χ1n) is 11.6. The van der Waals surface area contributed by atoms with E-state index < -0.39 is 0 Å². The highest BCUT2D eigenvalue weighted by Crippen LogP contribution is 2.31. The first-order valence-corrected chi connectivity index (χ1v) is 11.6. The molecule has 0 unspecified atom stereocenters. The van der Waals surface area contributed by atoms with E-state index in [9.17, 15) is 4.79 Å². The molecule has 0 saturated carbocycles. The third-order valence-electron chi connectivity index (χ3n) is 6.34. The van der Waals surface area contributed by atoms with Gasteiger partial charge < -0.3 is 14.4 Å². The summed E-state index contributed by atoms with van der Waals surface area (Å²) in [7, 11) is 0. The van der Waals surface area contributed by atoms with Crippen molar-refractivity contribution in [1.82, 2.24) is 19.9 Å². The fraction of sp³-hybridized carbons (Fsp3) is 0.560. The van der Waals surface area contributed by atoms with Gasteiger partial charge in [-0.3, -0.25) is 4.79 Å². The van der Waals surface area contributed by atoms with E-state index in [0.29, 0.717) is 12.3 Å². The number of ether oxygens (including phenoxy) is 2. The van der Waals surface area contributed by atoms with Crippen LogP contribution in [-0.4, -0.2) is 57.7 Å². The summed E-state index contributed by atoms with van der Waals surface area (Å²) in [6.07, 6.45) is 7.02. The molecule has 0 N–H and O–H groups in total. The van der Waals surface area contributed by atoms with E-state index in [1.165, 1.54) is 0 Å². The SMILES string of the molecule is C[C@H](C[C@@H]1CC[C@H]([C@@H](C)C(=O)N2CCCC2)O1)n1cc(C#CCOc2ccccc2)nn1. The lowest BCUT2D eigenvalue weighted by Gasteiger charge is -2.25. The van der Waals surface area contributed by atoms with Gasteiger partial charge in [0.05, 0.1) is 30.4 Å². The molecule has 32 heavy (non-hydrogen) atoms. The Balaban J connectivity index is 1.23. The molecule has 4 rings (SSSR count). The molecule has 3 heterocycles. The minimum Gasteiger partial charge on any atom is -0.481 e. The Morgan fingerprint density at radius 2 is 2.00 bits per heavy atom. The number of rotatable bonds is 7. The van der Waals surface area contributed by atoms with Crippen molar-refractivity contribution in [3.8, 4) is 17.6 Å². The number of likely N-dealkylation sites (tertiary alicyclic amines) is 1. The van der Waals surface area contributed by atoms with Crippen LogP contribution >= 0.6 is 0 Å². The number of carbonyl (C=O) groups excluding carboxylic acids is 1. The zero-order chi connectivity index (χ0) is 22.3. The van der Waals surface area contributed by atoms with Gasteiger partial charge in [-0.1, -0.05) is 36.3 Å². The second-order valence-corrected chi connectivity index (χ2v) is 8.77. The third kappa shape index (κ3) is 5.68. The molecule has 0 bridgehead atoms. The standard InChI is InChI=1S/C25H32N4O3/c1-19(17-23-12-13-24(32-23)20(2)25(30)28-14-6-7-15-28)29-18-21(26-27-29)9-8-16-31-22-10-4-3-5-11-22/h3-5,10-11,18-20,23-24H,6-7,12-17H2,1-2H3/t19-,20-,23+,24-/m1/s1. The maximum atomic E-state index is 12.7. The Morgan fingerprint density at radius 3 is 2.78 bits per heavy atom. The lowest BCUT2D eigenvalue weighted by Crippen LogP contribution is -2.38. The number of hydrogen-bond donors (Lipinski definition) is 0. The zero-order valence-electron chi connectivity index (χ0n) is 18.9. The van der Waals surface area contributed by atoms with E-state index in [1.54, 1.807) is 0 Å². The van der Waals surface area contributed by atoms with Gasteiger partial charge in [0.25, 0.3) is 0 Å². The second-order valence-electron chi connectivity index (χ2n) is 8.77. The predicted octanol–water partition coefficient (Wildman–Crippen LogP) is 3.47. The van der Waals surface area contributed by atoms with E-state index in [4.69, 9.17) is 9.47 Å². The molecule has 0 radical (unpaired) electrons. The van der Waals surface area contributed by atoms with Gasteiger partial charge in [0.1, 0.15) is 12.4 Å². The number of aromatic nitrogens is 3. The van der Waals surface area contributed by atoms with Crippen LogP contribution in [-0.2, 0) is 9.53 Å². The predicted molar refractivity (Wildman–Crippen MR) is 121 cm³/mol. The number of benzene rings is 1. The largest absolute Gasteiger partial charge is 0.481 e. The van der Waals surface area contributed by atoms with Gasteiger partial charge in [-0.15, -0.1) is 5.10 Å². The van der Waals surface area contributed by atoms with E-state index >= 15 is 0 Å². The molecule has 0 aliphatic carbocycles. The van der Waals surface area contributed by atoms with Crippen LogP contribution < -0.4 is 4.74 Å².